The maximum Gasteiger partial charge on any atom is 0.321 e. The molecule has 2 heterocycles. The van der Waals surface area contributed by atoms with E-state index in [0.29, 0.717) is 12.5 Å². The van der Waals surface area contributed by atoms with E-state index in [9.17, 15) is 4.79 Å². The molecule has 2 aromatic carbocycles. The third kappa shape index (κ3) is 6.24. The molecular weight excluding hydrogens is 402 g/mol. The summed E-state index contributed by atoms with van der Waals surface area (Å²) >= 11 is 0. The number of carbonyl (C=O) groups is 1. The van der Waals surface area contributed by atoms with E-state index in [2.05, 4.69) is 34.5 Å². The van der Waals surface area contributed by atoms with Crippen LogP contribution < -0.4 is 10.1 Å². The second-order valence-electron chi connectivity index (χ2n) is 8.70. The number of amides is 2. The monoisotopic (exact) mass is 437 g/mol. The summed E-state index contributed by atoms with van der Waals surface area (Å²) in [6, 6.07) is 16.7. The zero-order valence-corrected chi connectivity index (χ0v) is 19.1. The lowest BCUT2D eigenvalue weighted by Gasteiger charge is -2.32. The van der Waals surface area contributed by atoms with E-state index in [1.165, 1.54) is 11.1 Å². The van der Waals surface area contributed by atoms with Gasteiger partial charge in [-0.2, -0.15) is 0 Å². The van der Waals surface area contributed by atoms with Crippen molar-refractivity contribution in [3.63, 3.8) is 0 Å². The van der Waals surface area contributed by atoms with Crippen LogP contribution >= 0.6 is 0 Å². The van der Waals surface area contributed by atoms with Gasteiger partial charge in [0.2, 0.25) is 0 Å². The number of ether oxygens (including phenoxy) is 2. The van der Waals surface area contributed by atoms with E-state index in [4.69, 9.17) is 9.47 Å². The highest BCUT2D eigenvalue weighted by Gasteiger charge is 2.23. The number of anilines is 1. The fourth-order valence-corrected chi connectivity index (χ4v) is 4.52. The van der Waals surface area contributed by atoms with Gasteiger partial charge >= 0.3 is 6.03 Å². The van der Waals surface area contributed by atoms with Crippen molar-refractivity contribution >= 4 is 11.7 Å². The number of rotatable bonds is 7. The van der Waals surface area contributed by atoms with Gasteiger partial charge in [0.05, 0.1) is 25.5 Å². The van der Waals surface area contributed by atoms with Crippen molar-refractivity contribution in [1.82, 2.24) is 9.80 Å². The fraction of sp³-hybridized carbons (Fsp3) is 0.500. The van der Waals surface area contributed by atoms with Gasteiger partial charge in [-0.1, -0.05) is 36.4 Å². The van der Waals surface area contributed by atoms with Crippen LogP contribution in [0.15, 0.2) is 48.5 Å². The average Bonchev–Trinajstić information content (AvgIpc) is 2.83. The number of benzene rings is 2. The van der Waals surface area contributed by atoms with Gasteiger partial charge in [-0.05, 0) is 55.4 Å². The highest BCUT2D eigenvalue weighted by atomic mass is 16.5. The lowest BCUT2D eigenvalue weighted by atomic mass is 9.90. The summed E-state index contributed by atoms with van der Waals surface area (Å²) in [7, 11) is 0. The number of urea groups is 1. The molecule has 6 heteroatoms. The molecule has 4 rings (SSSR count). The number of nitrogens with one attached hydrogen (secondary N) is 1. The molecule has 2 saturated heterocycles. The molecular formula is C26H35N3O3. The van der Waals surface area contributed by atoms with Crippen molar-refractivity contribution < 1.29 is 14.3 Å². The molecule has 172 valence electrons. The number of para-hydroxylation sites is 2. The Morgan fingerprint density at radius 1 is 1.00 bits per heavy atom. The summed E-state index contributed by atoms with van der Waals surface area (Å²) in [5.41, 5.74) is 3.50. The van der Waals surface area contributed by atoms with E-state index in [1.807, 2.05) is 36.1 Å². The van der Waals surface area contributed by atoms with Gasteiger partial charge in [0.25, 0.3) is 0 Å². The van der Waals surface area contributed by atoms with Gasteiger partial charge in [-0.3, -0.25) is 4.90 Å². The van der Waals surface area contributed by atoms with Crippen LogP contribution in [0.1, 0.15) is 30.9 Å². The normalized spacial score (nSPS) is 17.8. The third-order valence-electron chi connectivity index (χ3n) is 6.39. The molecule has 0 saturated carbocycles. The number of hydrogen-bond donors (Lipinski definition) is 1. The molecule has 0 spiro atoms. The van der Waals surface area contributed by atoms with Crippen molar-refractivity contribution in [3.8, 4) is 5.75 Å². The van der Waals surface area contributed by atoms with Gasteiger partial charge in [0, 0.05) is 32.7 Å². The molecule has 0 atom stereocenters. The standard InChI is InChI=1S/C26H35N3O3/c1-2-32-25-6-4-3-5-24(25)27-26(30)29-13-11-22(12-14-29)19-21-7-9-23(10-8-21)20-28-15-17-31-18-16-28/h3-10,22H,2,11-20H2,1H3,(H,27,30). The van der Waals surface area contributed by atoms with Gasteiger partial charge in [-0.25, -0.2) is 4.79 Å². The molecule has 2 aromatic rings. The van der Waals surface area contributed by atoms with Gasteiger partial charge < -0.3 is 19.7 Å². The molecule has 2 aliphatic rings. The van der Waals surface area contributed by atoms with E-state index >= 15 is 0 Å². The predicted molar refractivity (Wildman–Crippen MR) is 127 cm³/mol. The summed E-state index contributed by atoms with van der Waals surface area (Å²) in [6.07, 6.45) is 3.16. The Balaban J connectivity index is 1.23. The number of piperidine rings is 1. The summed E-state index contributed by atoms with van der Waals surface area (Å²) < 4.78 is 11.1. The highest BCUT2D eigenvalue weighted by Crippen LogP contribution is 2.26. The third-order valence-corrected chi connectivity index (χ3v) is 6.39. The van der Waals surface area contributed by atoms with Crippen LogP contribution in [0.5, 0.6) is 5.75 Å². The number of nitrogens with zero attached hydrogens (tertiary/aromatic N) is 2. The first-order chi connectivity index (χ1) is 15.7. The van der Waals surface area contributed by atoms with E-state index in [1.54, 1.807) is 0 Å². The molecule has 0 aliphatic carbocycles. The molecule has 0 unspecified atom stereocenters. The van der Waals surface area contributed by atoms with Crippen LogP contribution in [0, 0.1) is 5.92 Å². The quantitative estimate of drug-likeness (QED) is 0.697. The first-order valence-electron chi connectivity index (χ1n) is 11.9. The minimum atomic E-state index is -0.0388. The van der Waals surface area contributed by atoms with E-state index < -0.39 is 0 Å². The number of carbonyl (C=O) groups excluding carboxylic acids is 1. The zero-order chi connectivity index (χ0) is 22.2. The van der Waals surface area contributed by atoms with Gasteiger partial charge in [-0.15, -0.1) is 0 Å². The summed E-state index contributed by atoms with van der Waals surface area (Å²) in [4.78, 5) is 17.1. The van der Waals surface area contributed by atoms with Crippen molar-refractivity contribution in [3.05, 3.63) is 59.7 Å². The van der Waals surface area contributed by atoms with Crippen LogP contribution in [0.25, 0.3) is 0 Å². The Labute approximate surface area is 191 Å². The van der Waals surface area contributed by atoms with Crippen molar-refractivity contribution in [2.24, 2.45) is 5.92 Å². The van der Waals surface area contributed by atoms with Crippen molar-refractivity contribution in [2.75, 3.05) is 51.3 Å². The van der Waals surface area contributed by atoms with Crippen molar-refractivity contribution in [2.45, 2.75) is 32.7 Å². The summed E-state index contributed by atoms with van der Waals surface area (Å²) in [5.74, 6) is 1.34. The van der Waals surface area contributed by atoms with Gasteiger partial charge in [0.1, 0.15) is 5.75 Å². The predicted octanol–water partition coefficient (Wildman–Crippen LogP) is 4.40. The minimum absolute atomic E-state index is 0.0388. The Kier molecular flexibility index (Phi) is 8.02. The van der Waals surface area contributed by atoms with E-state index in [0.717, 1.165) is 76.6 Å². The first kappa shape index (κ1) is 22.6. The molecule has 0 bridgehead atoms. The largest absolute Gasteiger partial charge is 0.492 e. The zero-order valence-electron chi connectivity index (χ0n) is 19.1. The smallest absolute Gasteiger partial charge is 0.321 e. The van der Waals surface area contributed by atoms with E-state index in [-0.39, 0.29) is 6.03 Å². The molecule has 2 aliphatic heterocycles. The Hall–Kier alpha value is -2.57. The molecule has 32 heavy (non-hydrogen) atoms. The Bertz CT molecular complexity index is 857. The lowest BCUT2D eigenvalue weighted by molar-refractivity contribution is 0.0342. The van der Waals surface area contributed by atoms with Crippen LogP contribution in [0.2, 0.25) is 0 Å². The summed E-state index contributed by atoms with van der Waals surface area (Å²) in [5, 5.41) is 3.02. The van der Waals surface area contributed by atoms with Crippen LogP contribution in [0.4, 0.5) is 10.5 Å². The lowest BCUT2D eigenvalue weighted by Crippen LogP contribution is -2.41. The second kappa shape index (κ2) is 11.3. The van der Waals surface area contributed by atoms with Crippen LogP contribution in [-0.4, -0.2) is 61.8 Å². The maximum atomic E-state index is 12.7. The number of likely N-dealkylation sites (tertiary alicyclic amines) is 1. The fourth-order valence-electron chi connectivity index (χ4n) is 4.52. The number of morpholine rings is 1. The SMILES string of the molecule is CCOc1ccccc1NC(=O)N1CCC(Cc2ccc(CN3CCOCC3)cc2)CC1. The Morgan fingerprint density at radius 3 is 2.41 bits per heavy atom. The molecule has 0 radical (unpaired) electrons. The molecule has 1 N–H and O–H groups in total. The maximum absolute atomic E-state index is 12.7. The molecule has 0 aromatic heterocycles. The second-order valence-corrected chi connectivity index (χ2v) is 8.70. The minimum Gasteiger partial charge on any atom is -0.492 e. The van der Waals surface area contributed by atoms with Crippen LogP contribution in [-0.2, 0) is 17.7 Å². The van der Waals surface area contributed by atoms with Crippen molar-refractivity contribution in [1.29, 1.82) is 0 Å². The summed E-state index contributed by atoms with van der Waals surface area (Å²) in [6.45, 7) is 8.83. The first-order valence-corrected chi connectivity index (χ1v) is 11.9. The van der Waals surface area contributed by atoms with Crippen LogP contribution in [0.3, 0.4) is 0 Å². The number of hydrogen-bond acceptors (Lipinski definition) is 4. The molecule has 6 nitrogen and oxygen atoms in total. The highest BCUT2D eigenvalue weighted by molar-refractivity contribution is 5.91. The topological polar surface area (TPSA) is 54.0 Å². The average molecular weight is 438 g/mol. The molecule has 2 fully saturated rings. The molecule has 2 amide bonds. The van der Waals surface area contributed by atoms with Gasteiger partial charge in [0.15, 0.2) is 0 Å². The Morgan fingerprint density at radius 2 is 1.69 bits per heavy atom.